The van der Waals surface area contributed by atoms with Gasteiger partial charge in [0.2, 0.25) is 0 Å². The van der Waals surface area contributed by atoms with E-state index in [2.05, 4.69) is 25.5 Å². The molecule has 0 spiro atoms. The van der Waals surface area contributed by atoms with Gasteiger partial charge in [0.1, 0.15) is 5.75 Å². The Kier molecular flexibility index (Phi) is 5.09. The SMILES string of the molecule is COc1ccc2nc(SCc3nnnn3-c3ccc(Cl)cc3C(F)(F)F)[nH]c2c1. The number of aromatic nitrogens is 6. The second-order valence-corrected chi connectivity index (χ2v) is 7.28. The third-order valence-corrected chi connectivity index (χ3v) is 5.14. The Morgan fingerprint density at radius 1 is 1.21 bits per heavy atom. The van der Waals surface area contributed by atoms with Crippen molar-refractivity contribution >= 4 is 34.4 Å². The minimum atomic E-state index is -4.60. The molecular formula is C17H12ClF3N6OS. The molecule has 12 heteroatoms. The van der Waals surface area contributed by atoms with E-state index >= 15 is 0 Å². The molecular weight excluding hydrogens is 429 g/mol. The summed E-state index contributed by atoms with van der Waals surface area (Å²) in [6, 6.07) is 8.85. The summed E-state index contributed by atoms with van der Waals surface area (Å²) < 4.78 is 46.5. The predicted molar refractivity (Wildman–Crippen MR) is 101 cm³/mol. The highest BCUT2D eigenvalue weighted by Crippen LogP contribution is 2.36. The standard InChI is InChI=1S/C17H12ClF3N6OS/c1-28-10-3-4-12-13(7-10)23-16(22-12)29-8-15-24-25-26-27(15)14-5-2-9(18)6-11(14)17(19,20)21/h2-7H,8H2,1H3,(H,22,23). The maximum Gasteiger partial charge on any atom is 0.418 e. The number of hydrogen-bond acceptors (Lipinski definition) is 6. The Labute approximate surface area is 171 Å². The van der Waals surface area contributed by atoms with E-state index in [1.54, 1.807) is 19.2 Å². The van der Waals surface area contributed by atoms with E-state index in [1.807, 2.05) is 6.07 Å². The van der Waals surface area contributed by atoms with Crippen molar-refractivity contribution in [3.05, 3.63) is 52.8 Å². The second kappa shape index (κ2) is 7.56. The van der Waals surface area contributed by atoms with E-state index in [9.17, 15) is 13.2 Å². The molecule has 7 nitrogen and oxygen atoms in total. The van der Waals surface area contributed by atoms with Gasteiger partial charge in [-0.25, -0.2) is 4.98 Å². The molecule has 0 atom stereocenters. The summed E-state index contributed by atoms with van der Waals surface area (Å²) in [7, 11) is 1.57. The van der Waals surface area contributed by atoms with Crippen molar-refractivity contribution in [1.29, 1.82) is 0 Å². The Bertz CT molecular complexity index is 1180. The highest BCUT2D eigenvalue weighted by Gasteiger charge is 2.35. The molecule has 0 fully saturated rings. The number of methoxy groups -OCH3 is 1. The zero-order chi connectivity index (χ0) is 20.6. The summed E-state index contributed by atoms with van der Waals surface area (Å²) in [6.07, 6.45) is -4.60. The number of rotatable bonds is 5. The van der Waals surface area contributed by atoms with Crippen LogP contribution in [0.15, 0.2) is 41.6 Å². The number of nitrogens with zero attached hydrogens (tertiary/aromatic N) is 5. The van der Waals surface area contributed by atoms with E-state index in [1.165, 1.54) is 23.9 Å². The van der Waals surface area contributed by atoms with Crippen molar-refractivity contribution in [2.75, 3.05) is 7.11 Å². The van der Waals surface area contributed by atoms with Gasteiger partial charge < -0.3 is 9.72 Å². The number of aromatic amines is 1. The van der Waals surface area contributed by atoms with Gasteiger partial charge in [-0.1, -0.05) is 23.4 Å². The van der Waals surface area contributed by atoms with Crippen molar-refractivity contribution < 1.29 is 17.9 Å². The summed E-state index contributed by atoms with van der Waals surface area (Å²) in [4.78, 5) is 7.57. The van der Waals surface area contributed by atoms with Crippen molar-refractivity contribution in [2.24, 2.45) is 0 Å². The van der Waals surface area contributed by atoms with Crippen molar-refractivity contribution in [3.8, 4) is 11.4 Å². The van der Waals surface area contributed by atoms with Crippen molar-refractivity contribution in [3.63, 3.8) is 0 Å². The van der Waals surface area contributed by atoms with Crippen molar-refractivity contribution in [2.45, 2.75) is 17.1 Å². The van der Waals surface area contributed by atoms with E-state index in [0.717, 1.165) is 21.8 Å². The normalized spacial score (nSPS) is 11.9. The molecule has 1 N–H and O–H groups in total. The molecule has 4 aromatic rings. The zero-order valence-corrected chi connectivity index (χ0v) is 16.3. The number of nitrogens with one attached hydrogen (secondary N) is 1. The van der Waals surface area contributed by atoms with Gasteiger partial charge in [0.05, 0.1) is 35.1 Å². The lowest BCUT2D eigenvalue weighted by Crippen LogP contribution is -2.13. The van der Waals surface area contributed by atoms with Crippen LogP contribution in [0.3, 0.4) is 0 Å². The molecule has 29 heavy (non-hydrogen) atoms. The molecule has 0 aliphatic rings. The molecule has 0 aliphatic carbocycles. The lowest BCUT2D eigenvalue weighted by atomic mass is 10.1. The van der Waals surface area contributed by atoms with Crippen LogP contribution >= 0.6 is 23.4 Å². The number of tetrazole rings is 1. The first kappa shape index (κ1) is 19.5. The molecule has 0 amide bonds. The quantitative estimate of drug-likeness (QED) is 0.460. The van der Waals surface area contributed by atoms with Gasteiger partial charge in [-0.15, -0.1) is 5.10 Å². The van der Waals surface area contributed by atoms with Gasteiger partial charge in [0.25, 0.3) is 0 Å². The van der Waals surface area contributed by atoms with Gasteiger partial charge in [0, 0.05) is 11.1 Å². The van der Waals surface area contributed by atoms with Gasteiger partial charge >= 0.3 is 6.18 Å². The van der Waals surface area contributed by atoms with E-state index in [4.69, 9.17) is 16.3 Å². The number of alkyl halides is 3. The molecule has 0 aliphatic heterocycles. The summed E-state index contributed by atoms with van der Waals surface area (Å²) in [5.74, 6) is 1.12. The van der Waals surface area contributed by atoms with Gasteiger partial charge in [-0.3, -0.25) is 0 Å². The lowest BCUT2D eigenvalue weighted by molar-refractivity contribution is -0.137. The molecule has 2 heterocycles. The monoisotopic (exact) mass is 440 g/mol. The first-order valence-corrected chi connectivity index (χ1v) is 9.52. The van der Waals surface area contributed by atoms with Crippen LogP contribution in [0.5, 0.6) is 5.75 Å². The van der Waals surface area contributed by atoms with Crippen LogP contribution in [0, 0.1) is 0 Å². The number of hydrogen-bond donors (Lipinski definition) is 1. The summed E-state index contributed by atoms with van der Waals surface area (Å²) in [5.41, 5.74) is 0.407. The fraction of sp³-hybridized carbons (Fsp3) is 0.176. The van der Waals surface area contributed by atoms with Gasteiger partial charge in [0.15, 0.2) is 11.0 Å². The Morgan fingerprint density at radius 2 is 2.03 bits per heavy atom. The Morgan fingerprint density at radius 3 is 2.79 bits per heavy atom. The summed E-state index contributed by atoms with van der Waals surface area (Å²) in [6.45, 7) is 0. The summed E-state index contributed by atoms with van der Waals surface area (Å²) >= 11 is 7.00. The van der Waals surface area contributed by atoms with E-state index in [0.29, 0.717) is 10.9 Å². The highest BCUT2D eigenvalue weighted by atomic mass is 35.5. The van der Waals surface area contributed by atoms with Crippen LogP contribution in [-0.2, 0) is 11.9 Å². The molecule has 0 bridgehead atoms. The second-order valence-electron chi connectivity index (χ2n) is 5.88. The number of ether oxygens (including phenoxy) is 1. The Balaban J connectivity index is 1.61. The number of thioether (sulfide) groups is 1. The van der Waals surface area contributed by atoms with Gasteiger partial charge in [-0.2, -0.15) is 17.9 Å². The third-order valence-electron chi connectivity index (χ3n) is 4.03. The molecule has 150 valence electrons. The smallest absolute Gasteiger partial charge is 0.418 e. The molecule has 0 saturated carbocycles. The van der Waals surface area contributed by atoms with Gasteiger partial charge in [-0.05, 0) is 40.8 Å². The topological polar surface area (TPSA) is 81.5 Å². The van der Waals surface area contributed by atoms with Crippen LogP contribution in [0.2, 0.25) is 5.02 Å². The number of H-pyrrole nitrogens is 1. The van der Waals surface area contributed by atoms with Crippen LogP contribution in [0.4, 0.5) is 13.2 Å². The van der Waals surface area contributed by atoms with Crippen LogP contribution in [0.1, 0.15) is 11.4 Å². The first-order chi connectivity index (χ1) is 13.8. The fourth-order valence-corrected chi connectivity index (χ4v) is 3.66. The molecule has 2 aromatic heterocycles. The maximum atomic E-state index is 13.4. The molecule has 4 rings (SSSR count). The molecule has 0 unspecified atom stereocenters. The lowest BCUT2D eigenvalue weighted by Gasteiger charge is -2.13. The van der Waals surface area contributed by atoms with Crippen LogP contribution in [0.25, 0.3) is 16.7 Å². The molecule has 2 aromatic carbocycles. The molecule has 0 radical (unpaired) electrons. The highest BCUT2D eigenvalue weighted by molar-refractivity contribution is 7.98. The Hall–Kier alpha value is -2.79. The maximum absolute atomic E-state index is 13.4. The zero-order valence-electron chi connectivity index (χ0n) is 14.7. The average Bonchev–Trinajstić information content (AvgIpc) is 3.31. The largest absolute Gasteiger partial charge is 0.497 e. The van der Waals surface area contributed by atoms with Crippen LogP contribution in [-0.4, -0.2) is 37.3 Å². The minimum absolute atomic E-state index is 0.0252. The van der Waals surface area contributed by atoms with Crippen molar-refractivity contribution in [1.82, 2.24) is 30.2 Å². The fourth-order valence-electron chi connectivity index (χ4n) is 2.70. The first-order valence-electron chi connectivity index (χ1n) is 8.16. The van der Waals surface area contributed by atoms with E-state index in [-0.39, 0.29) is 22.3 Å². The number of fused-ring (bicyclic) bond motifs is 1. The third kappa shape index (κ3) is 4.01. The minimum Gasteiger partial charge on any atom is -0.497 e. The predicted octanol–water partition coefficient (Wildman–Crippen LogP) is 4.51. The van der Waals surface area contributed by atoms with Crippen LogP contribution < -0.4 is 4.74 Å². The number of benzene rings is 2. The molecule has 0 saturated heterocycles. The average molecular weight is 441 g/mol. The number of imidazole rings is 1. The summed E-state index contributed by atoms with van der Waals surface area (Å²) in [5, 5.41) is 11.7. The van der Waals surface area contributed by atoms with E-state index < -0.39 is 11.7 Å². The number of halogens is 4.